The normalized spacial score (nSPS) is 18.6. The quantitative estimate of drug-likeness (QED) is 0.355. The Morgan fingerprint density at radius 2 is 1.71 bits per heavy atom. The molecule has 0 saturated carbocycles. The van der Waals surface area contributed by atoms with E-state index in [2.05, 4.69) is 15.5 Å². The van der Waals surface area contributed by atoms with Crippen molar-refractivity contribution in [2.45, 2.75) is 13.8 Å². The number of para-hydroxylation sites is 1. The topological polar surface area (TPSA) is 74.1 Å². The Morgan fingerprint density at radius 1 is 1.00 bits per heavy atom. The summed E-state index contributed by atoms with van der Waals surface area (Å²) in [7, 11) is 0. The molecule has 0 unspecified atom stereocenters. The van der Waals surface area contributed by atoms with Crippen LogP contribution in [0.5, 0.6) is 0 Å². The van der Waals surface area contributed by atoms with E-state index in [1.165, 1.54) is 17.0 Å². The Morgan fingerprint density at radius 3 is 2.43 bits per heavy atom. The monoisotopic (exact) mass is 504 g/mol. The van der Waals surface area contributed by atoms with Crippen molar-refractivity contribution in [1.82, 2.24) is 0 Å². The lowest BCUT2D eigenvalue weighted by Crippen LogP contribution is -2.30. The second-order valence-corrected chi connectivity index (χ2v) is 9.46. The Hall–Kier alpha value is -3.75. The minimum atomic E-state index is -0.401. The summed E-state index contributed by atoms with van der Waals surface area (Å²) in [6.07, 6.45) is 1.68. The maximum atomic E-state index is 13.5. The predicted octanol–water partition coefficient (Wildman–Crippen LogP) is 5.93. The van der Waals surface area contributed by atoms with Crippen molar-refractivity contribution in [2.24, 2.45) is 10.2 Å². The van der Waals surface area contributed by atoms with E-state index >= 15 is 0 Å². The third kappa shape index (κ3) is 4.38. The van der Waals surface area contributed by atoms with Crippen LogP contribution in [0.4, 0.5) is 15.8 Å². The van der Waals surface area contributed by atoms with Gasteiger partial charge < -0.3 is 5.32 Å². The van der Waals surface area contributed by atoms with Gasteiger partial charge in [-0.1, -0.05) is 41.9 Å². The van der Waals surface area contributed by atoms with Crippen molar-refractivity contribution in [3.63, 3.8) is 0 Å². The summed E-state index contributed by atoms with van der Waals surface area (Å²) in [4.78, 5) is 28.0. The van der Waals surface area contributed by atoms with Gasteiger partial charge in [0, 0.05) is 10.6 Å². The number of aryl methyl sites for hydroxylation is 2. The average Bonchev–Trinajstić information content (AvgIpc) is 3.29. The molecule has 1 fully saturated rings. The van der Waals surface area contributed by atoms with Crippen LogP contribution in [-0.2, 0) is 9.59 Å². The van der Waals surface area contributed by atoms with Gasteiger partial charge in [-0.3, -0.25) is 14.5 Å². The highest BCUT2D eigenvalue weighted by molar-refractivity contribution is 8.19. The second-order valence-electron chi connectivity index (χ2n) is 8.02. The number of halogens is 2. The fourth-order valence-electron chi connectivity index (χ4n) is 3.92. The van der Waals surface area contributed by atoms with Crippen molar-refractivity contribution in [2.75, 3.05) is 10.2 Å². The van der Waals surface area contributed by atoms with Gasteiger partial charge in [-0.15, -0.1) is 10.2 Å². The third-order valence-electron chi connectivity index (χ3n) is 5.57. The molecule has 0 bridgehead atoms. The molecular weight excluding hydrogens is 487 g/mol. The van der Waals surface area contributed by atoms with E-state index < -0.39 is 5.91 Å². The van der Waals surface area contributed by atoms with Crippen LogP contribution < -0.4 is 10.2 Å². The van der Waals surface area contributed by atoms with E-state index in [1.807, 2.05) is 32.0 Å². The standard InChI is InChI=1S/C26H18ClFN4O2S/c1-14-4-3-5-15(2)23(14)32-25(34)21(12-16-6-9-18(28)10-7-16)35-26(32)31-30-22-19-13-17(27)8-11-20(19)29-24(22)33/h3-13H,1-2H3,(H,29,30,33). The van der Waals surface area contributed by atoms with Gasteiger partial charge in [0.25, 0.3) is 11.8 Å². The van der Waals surface area contributed by atoms with Gasteiger partial charge in [0.15, 0.2) is 5.71 Å². The number of fused-ring (bicyclic) bond motifs is 1. The van der Waals surface area contributed by atoms with Crippen LogP contribution in [0.1, 0.15) is 22.3 Å². The van der Waals surface area contributed by atoms with Gasteiger partial charge >= 0.3 is 0 Å². The molecule has 2 heterocycles. The molecule has 3 aromatic carbocycles. The molecule has 6 nitrogen and oxygen atoms in total. The molecule has 1 saturated heterocycles. The Labute approximate surface area is 210 Å². The van der Waals surface area contributed by atoms with Crippen LogP contribution in [0.2, 0.25) is 5.02 Å². The molecule has 174 valence electrons. The molecule has 2 aliphatic heterocycles. The molecule has 0 aliphatic carbocycles. The first-order valence-electron chi connectivity index (χ1n) is 10.6. The lowest BCUT2D eigenvalue weighted by molar-refractivity contribution is -0.113. The largest absolute Gasteiger partial charge is 0.320 e. The summed E-state index contributed by atoms with van der Waals surface area (Å²) in [5, 5.41) is 12.1. The minimum absolute atomic E-state index is 0.112. The molecule has 3 aromatic rings. The predicted molar refractivity (Wildman–Crippen MR) is 139 cm³/mol. The fourth-order valence-corrected chi connectivity index (χ4v) is 5.01. The number of anilines is 2. The van der Waals surface area contributed by atoms with Crippen LogP contribution in [0.25, 0.3) is 6.08 Å². The summed E-state index contributed by atoms with van der Waals surface area (Å²) in [6, 6.07) is 16.6. The van der Waals surface area contributed by atoms with Crippen LogP contribution >= 0.6 is 23.4 Å². The zero-order valence-electron chi connectivity index (χ0n) is 18.7. The summed E-state index contributed by atoms with van der Waals surface area (Å²) < 4.78 is 13.3. The first kappa shape index (κ1) is 23.0. The number of nitrogens with one attached hydrogen (secondary N) is 1. The fraction of sp³-hybridized carbons (Fsp3) is 0.0769. The zero-order chi connectivity index (χ0) is 24.7. The van der Waals surface area contributed by atoms with E-state index in [0.717, 1.165) is 22.9 Å². The molecule has 0 spiro atoms. The highest BCUT2D eigenvalue weighted by Gasteiger charge is 2.37. The van der Waals surface area contributed by atoms with E-state index in [9.17, 15) is 14.0 Å². The highest BCUT2D eigenvalue weighted by atomic mass is 35.5. The van der Waals surface area contributed by atoms with Crippen LogP contribution in [0.15, 0.2) is 75.8 Å². The van der Waals surface area contributed by atoms with Crippen molar-refractivity contribution < 1.29 is 14.0 Å². The number of carbonyl (C=O) groups excluding carboxylic acids is 2. The van der Waals surface area contributed by atoms with Crippen LogP contribution in [0, 0.1) is 19.7 Å². The Kier molecular flexibility index (Phi) is 6.00. The lowest BCUT2D eigenvalue weighted by atomic mass is 10.1. The van der Waals surface area contributed by atoms with E-state index in [0.29, 0.717) is 37.6 Å². The number of amides is 2. The summed E-state index contributed by atoms with van der Waals surface area (Å²) in [6.45, 7) is 3.82. The molecular formula is C26H18ClFN4O2S. The first-order chi connectivity index (χ1) is 16.8. The number of hydrogen-bond acceptors (Lipinski definition) is 5. The molecule has 1 N–H and O–H groups in total. The highest BCUT2D eigenvalue weighted by Crippen LogP contribution is 2.39. The smallest absolute Gasteiger partial charge is 0.276 e. The molecule has 0 aromatic heterocycles. The minimum Gasteiger partial charge on any atom is -0.320 e. The van der Waals surface area contributed by atoms with Gasteiger partial charge in [-0.25, -0.2) is 4.39 Å². The zero-order valence-corrected chi connectivity index (χ0v) is 20.2. The van der Waals surface area contributed by atoms with Gasteiger partial charge in [0.1, 0.15) is 5.82 Å². The van der Waals surface area contributed by atoms with Crippen LogP contribution in [0.3, 0.4) is 0 Å². The number of thioether (sulfide) groups is 1. The van der Waals surface area contributed by atoms with Crippen molar-refractivity contribution in [3.8, 4) is 0 Å². The molecule has 9 heteroatoms. The maximum Gasteiger partial charge on any atom is 0.276 e. The van der Waals surface area contributed by atoms with Gasteiger partial charge in [-0.2, -0.15) is 0 Å². The molecule has 2 aliphatic rings. The van der Waals surface area contributed by atoms with Crippen molar-refractivity contribution >= 4 is 63.5 Å². The number of amidine groups is 1. The Balaban J connectivity index is 1.61. The molecule has 2 amide bonds. The second kappa shape index (κ2) is 9.13. The van der Waals surface area contributed by atoms with Crippen molar-refractivity contribution in [3.05, 3.63) is 98.7 Å². The Bertz CT molecular complexity index is 1460. The number of benzene rings is 3. The van der Waals surface area contributed by atoms with Gasteiger partial charge in [0.05, 0.1) is 16.3 Å². The molecule has 35 heavy (non-hydrogen) atoms. The summed E-state index contributed by atoms with van der Waals surface area (Å²) in [5.41, 5.74) is 4.40. The SMILES string of the molecule is Cc1cccc(C)c1N1C(=O)C(=Cc2ccc(F)cc2)SC1=NN=C1C(=O)Nc2ccc(Cl)cc21. The number of nitrogens with zero attached hydrogens (tertiary/aromatic N) is 3. The molecule has 5 rings (SSSR count). The molecule has 0 atom stereocenters. The number of hydrogen-bond donors (Lipinski definition) is 1. The van der Waals surface area contributed by atoms with E-state index in [1.54, 1.807) is 36.4 Å². The van der Waals surface area contributed by atoms with Crippen molar-refractivity contribution in [1.29, 1.82) is 0 Å². The summed E-state index contributed by atoms with van der Waals surface area (Å²) in [5.74, 6) is -1.04. The third-order valence-corrected chi connectivity index (χ3v) is 6.77. The van der Waals surface area contributed by atoms with Gasteiger partial charge in [0.2, 0.25) is 5.17 Å². The first-order valence-corrected chi connectivity index (χ1v) is 11.8. The maximum absolute atomic E-state index is 13.5. The average molecular weight is 505 g/mol. The van der Waals surface area contributed by atoms with Gasteiger partial charge in [-0.05, 0) is 78.7 Å². The van der Waals surface area contributed by atoms with E-state index in [-0.39, 0.29) is 17.4 Å². The lowest BCUT2D eigenvalue weighted by Gasteiger charge is -2.19. The number of carbonyl (C=O) groups is 2. The summed E-state index contributed by atoms with van der Waals surface area (Å²) >= 11 is 7.24. The van der Waals surface area contributed by atoms with Crippen LogP contribution in [-0.4, -0.2) is 22.7 Å². The van der Waals surface area contributed by atoms with E-state index in [4.69, 9.17) is 11.6 Å². The molecule has 0 radical (unpaired) electrons. The number of rotatable bonds is 3.